The first-order chi connectivity index (χ1) is 14.2. The van der Waals surface area contributed by atoms with E-state index in [-0.39, 0.29) is 16.9 Å². The molecule has 1 spiro atoms. The Bertz CT molecular complexity index is 1100. The lowest BCUT2D eigenvalue weighted by atomic mass is 9.76. The van der Waals surface area contributed by atoms with Gasteiger partial charge >= 0.3 is 0 Å². The minimum Gasteiger partial charge on any atom is -0.337 e. The number of carbonyl (C=O) groups excluding carboxylic acids is 1. The van der Waals surface area contributed by atoms with Gasteiger partial charge in [0.05, 0.1) is 5.69 Å². The highest BCUT2D eigenvalue weighted by Gasteiger charge is 2.44. The highest BCUT2D eigenvalue weighted by Crippen LogP contribution is 2.44. The molecule has 3 aromatic heterocycles. The molecular formula is C22H21N5O2. The number of pyridine rings is 2. The fourth-order valence-corrected chi connectivity index (χ4v) is 4.57. The second-order valence-electron chi connectivity index (χ2n) is 7.77. The number of H-pyrrole nitrogens is 1. The van der Waals surface area contributed by atoms with Crippen molar-refractivity contribution >= 4 is 5.91 Å². The molecular weight excluding hydrogens is 366 g/mol. The number of amides is 1. The Morgan fingerprint density at radius 3 is 2.66 bits per heavy atom. The number of hydrogen-bond acceptors (Lipinski definition) is 5. The number of aromatic nitrogens is 4. The first-order valence-electron chi connectivity index (χ1n) is 9.91. The number of carbonyl (C=O) groups is 1. The van der Waals surface area contributed by atoms with E-state index in [1.165, 1.54) is 0 Å². The van der Waals surface area contributed by atoms with E-state index in [4.69, 9.17) is 4.98 Å². The van der Waals surface area contributed by atoms with Crippen LogP contribution in [0.5, 0.6) is 0 Å². The number of piperidine rings is 1. The van der Waals surface area contributed by atoms with Gasteiger partial charge in [0, 0.05) is 48.2 Å². The average Bonchev–Trinajstić information content (AvgIpc) is 3.13. The smallest absolute Gasteiger partial charge is 0.272 e. The molecule has 0 atom stereocenters. The molecule has 7 heteroatoms. The van der Waals surface area contributed by atoms with Crippen LogP contribution < -0.4 is 5.56 Å². The van der Waals surface area contributed by atoms with Crippen LogP contribution in [0.2, 0.25) is 0 Å². The van der Waals surface area contributed by atoms with E-state index in [9.17, 15) is 9.59 Å². The summed E-state index contributed by atoms with van der Waals surface area (Å²) >= 11 is 0. The highest BCUT2D eigenvalue weighted by molar-refractivity contribution is 5.92. The van der Waals surface area contributed by atoms with E-state index in [0.717, 1.165) is 42.5 Å². The summed E-state index contributed by atoms with van der Waals surface area (Å²) in [5, 5.41) is 0. The van der Waals surface area contributed by atoms with Crippen molar-refractivity contribution in [1.29, 1.82) is 0 Å². The molecule has 29 heavy (non-hydrogen) atoms. The summed E-state index contributed by atoms with van der Waals surface area (Å²) in [5.41, 5.74) is 2.78. The standard InChI is InChI=1S/C22H21N5O2/c28-20-16-6-7-22(18(16)25-19(26-20)15-4-3-10-23-14-15)8-12-27(13-9-22)21(29)17-5-1-2-11-24-17/h1-5,10-11,14H,6-9,12-13H2,(H,25,26,28). The molecule has 1 fully saturated rings. The Kier molecular flexibility index (Phi) is 4.23. The minimum absolute atomic E-state index is 0.0337. The molecule has 0 unspecified atom stereocenters. The maximum absolute atomic E-state index is 12.7. The fraction of sp³-hybridized carbons (Fsp3) is 0.318. The fourth-order valence-electron chi connectivity index (χ4n) is 4.57. The van der Waals surface area contributed by atoms with Crippen LogP contribution in [-0.2, 0) is 11.8 Å². The van der Waals surface area contributed by atoms with Gasteiger partial charge in [0.25, 0.3) is 11.5 Å². The molecule has 3 aromatic rings. The average molecular weight is 387 g/mol. The summed E-state index contributed by atoms with van der Waals surface area (Å²) in [5.74, 6) is 0.531. The van der Waals surface area contributed by atoms with Crippen LogP contribution in [0.3, 0.4) is 0 Å². The Morgan fingerprint density at radius 1 is 1.07 bits per heavy atom. The zero-order valence-corrected chi connectivity index (χ0v) is 16.0. The third-order valence-corrected chi connectivity index (χ3v) is 6.20. The summed E-state index contributed by atoms with van der Waals surface area (Å²) in [4.78, 5) is 43.4. The van der Waals surface area contributed by atoms with Crippen LogP contribution in [0.4, 0.5) is 0 Å². The number of nitrogens with one attached hydrogen (secondary N) is 1. The van der Waals surface area contributed by atoms with Gasteiger partial charge in [-0.3, -0.25) is 19.6 Å². The van der Waals surface area contributed by atoms with Crippen molar-refractivity contribution in [2.45, 2.75) is 31.1 Å². The summed E-state index contributed by atoms with van der Waals surface area (Å²) in [6, 6.07) is 9.11. The lowest BCUT2D eigenvalue weighted by Gasteiger charge is -2.39. The molecule has 0 radical (unpaired) electrons. The number of fused-ring (bicyclic) bond motifs is 2. The molecule has 0 aromatic carbocycles. The molecule has 5 rings (SSSR count). The van der Waals surface area contributed by atoms with Crippen LogP contribution >= 0.6 is 0 Å². The Morgan fingerprint density at radius 2 is 1.93 bits per heavy atom. The summed E-state index contributed by atoms with van der Waals surface area (Å²) in [6.07, 6.45) is 8.30. The van der Waals surface area contributed by atoms with Gasteiger partial charge in [-0.1, -0.05) is 6.07 Å². The second-order valence-corrected chi connectivity index (χ2v) is 7.77. The monoisotopic (exact) mass is 387 g/mol. The van der Waals surface area contributed by atoms with Crippen LogP contribution in [0.25, 0.3) is 11.4 Å². The van der Waals surface area contributed by atoms with Gasteiger partial charge in [0.15, 0.2) is 0 Å². The third kappa shape index (κ3) is 3.03. The molecule has 2 aliphatic rings. The van der Waals surface area contributed by atoms with Crippen LogP contribution in [0, 0.1) is 0 Å². The molecule has 0 bridgehead atoms. The van der Waals surface area contributed by atoms with Crippen molar-refractivity contribution in [2.24, 2.45) is 0 Å². The topological polar surface area (TPSA) is 91.8 Å². The second kappa shape index (κ2) is 6.92. The van der Waals surface area contributed by atoms with Crippen molar-refractivity contribution in [2.75, 3.05) is 13.1 Å². The van der Waals surface area contributed by atoms with Gasteiger partial charge < -0.3 is 9.88 Å². The van der Waals surface area contributed by atoms with Gasteiger partial charge in [-0.15, -0.1) is 0 Å². The van der Waals surface area contributed by atoms with Crippen molar-refractivity contribution in [3.8, 4) is 11.4 Å². The first-order valence-corrected chi connectivity index (χ1v) is 9.91. The Labute approximate surface area is 167 Å². The highest BCUT2D eigenvalue weighted by atomic mass is 16.2. The molecule has 0 saturated carbocycles. The lowest BCUT2D eigenvalue weighted by Crippen LogP contribution is -2.45. The number of aromatic amines is 1. The normalized spacial score (nSPS) is 17.3. The number of hydrogen-bond donors (Lipinski definition) is 1. The van der Waals surface area contributed by atoms with Crippen molar-refractivity contribution < 1.29 is 4.79 Å². The molecule has 4 heterocycles. The van der Waals surface area contributed by atoms with Gasteiger partial charge in [0.2, 0.25) is 0 Å². The Balaban J connectivity index is 1.43. The predicted molar refractivity (Wildman–Crippen MR) is 107 cm³/mol. The van der Waals surface area contributed by atoms with E-state index in [2.05, 4.69) is 15.0 Å². The zero-order valence-electron chi connectivity index (χ0n) is 16.0. The van der Waals surface area contributed by atoms with Gasteiger partial charge in [-0.25, -0.2) is 4.98 Å². The van der Waals surface area contributed by atoms with E-state index in [1.54, 1.807) is 30.7 Å². The molecule has 1 N–H and O–H groups in total. The van der Waals surface area contributed by atoms with Crippen LogP contribution in [0.15, 0.2) is 53.7 Å². The molecule has 1 saturated heterocycles. The van der Waals surface area contributed by atoms with Gasteiger partial charge in [-0.2, -0.15) is 0 Å². The summed E-state index contributed by atoms with van der Waals surface area (Å²) in [6.45, 7) is 1.29. The summed E-state index contributed by atoms with van der Waals surface area (Å²) in [7, 11) is 0. The van der Waals surface area contributed by atoms with Gasteiger partial charge in [0.1, 0.15) is 11.5 Å². The quantitative estimate of drug-likeness (QED) is 0.729. The number of rotatable bonds is 2. The Hall–Kier alpha value is -3.35. The predicted octanol–water partition coefficient (Wildman–Crippen LogP) is 2.35. The maximum atomic E-state index is 12.7. The van der Waals surface area contributed by atoms with Crippen molar-refractivity contribution in [3.05, 3.63) is 76.2 Å². The van der Waals surface area contributed by atoms with E-state index >= 15 is 0 Å². The summed E-state index contributed by atoms with van der Waals surface area (Å²) < 4.78 is 0. The molecule has 1 aliphatic heterocycles. The molecule has 7 nitrogen and oxygen atoms in total. The zero-order chi connectivity index (χ0) is 19.8. The third-order valence-electron chi connectivity index (χ3n) is 6.20. The first kappa shape index (κ1) is 17.7. The molecule has 1 amide bonds. The molecule has 146 valence electrons. The number of nitrogens with zero attached hydrogens (tertiary/aromatic N) is 4. The van der Waals surface area contributed by atoms with Crippen LogP contribution in [0.1, 0.15) is 41.0 Å². The number of likely N-dealkylation sites (tertiary alicyclic amines) is 1. The van der Waals surface area contributed by atoms with Crippen molar-refractivity contribution in [1.82, 2.24) is 24.8 Å². The lowest BCUT2D eigenvalue weighted by molar-refractivity contribution is 0.0657. The van der Waals surface area contributed by atoms with E-state index in [1.807, 2.05) is 23.1 Å². The van der Waals surface area contributed by atoms with E-state index in [0.29, 0.717) is 24.6 Å². The van der Waals surface area contributed by atoms with Crippen LogP contribution in [-0.4, -0.2) is 43.8 Å². The SMILES string of the molecule is O=C(c1ccccn1)N1CCC2(CCc3c2nc(-c2cccnc2)[nH]c3=O)CC1. The molecule has 1 aliphatic carbocycles. The maximum Gasteiger partial charge on any atom is 0.272 e. The largest absolute Gasteiger partial charge is 0.337 e. The van der Waals surface area contributed by atoms with E-state index < -0.39 is 0 Å². The van der Waals surface area contributed by atoms with Crippen molar-refractivity contribution in [3.63, 3.8) is 0 Å². The van der Waals surface area contributed by atoms with Gasteiger partial charge in [-0.05, 0) is 49.9 Å². The minimum atomic E-state index is -0.137.